The molecule has 2 aromatic rings. The molecule has 1 aliphatic carbocycles. The maximum Gasteiger partial charge on any atom is 0.245 e. The Morgan fingerprint density at radius 1 is 1.08 bits per heavy atom. The lowest BCUT2D eigenvalue weighted by atomic mass is 10.0. The molecule has 0 amide bonds. The normalized spacial score (nSPS) is 17.2. The zero-order chi connectivity index (χ0) is 17.0. The lowest BCUT2D eigenvalue weighted by molar-refractivity contribution is 0.0279. The molecule has 1 N–H and O–H groups in total. The molecule has 1 aromatic heterocycles. The Hall–Kier alpha value is -1.76. The number of sulfonamides is 1. The summed E-state index contributed by atoms with van der Waals surface area (Å²) in [5, 5.41) is 10.7. The van der Waals surface area contributed by atoms with Crippen molar-refractivity contribution in [3.05, 3.63) is 60.4 Å². The third-order valence-corrected chi connectivity index (χ3v) is 6.25. The topological polar surface area (TPSA) is 70.5 Å². The molecule has 24 heavy (non-hydrogen) atoms. The first kappa shape index (κ1) is 17.1. The van der Waals surface area contributed by atoms with E-state index in [1.54, 1.807) is 18.3 Å². The minimum atomic E-state index is -3.71. The number of aromatic nitrogens is 1. The van der Waals surface area contributed by atoms with Crippen LogP contribution >= 0.6 is 0 Å². The fraction of sp³-hybridized carbons (Fsp3) is 0.389. The van der Waals surface area contributed by atoms with Gasteiger partial charge in [-0.05, 0) is 30.5 Å². The third-order valence-electron chi connectivity index (χ3n) is 4.48. The summed E-state index contributed by atoms with van der Waals surface area (Å²) in [6.45, 7) is 0.347. The lowest BCUT2D eigenvalue weighted by Crippen LogP contribution is -2.43. The summed E-state index contributed by atoms with van der Waals surface area (Å²) in [6.07, 6.45) is 6.05. The monoisotopic (exact) mass is 346 g/mol. The summed E-state index contributed by atoms with van der Waals surface area (Å²) in [7, 11) is -3.71. The molecule has 1 saturated carbocycles. The summed E-state index contributed by atoms with van der Waals surface area (Å²) in [4.78, 5) is 4.08. The van der Waals surface area contributed by atoms with Crippen molar-refractivity contribution in [2.24, 2.45) is 0 Å². The molecule has 0 aliphatic heterocycles. The van der Waals surface area contributed by atoms with Gasteiger partial charge in [-0.25, -0.2) is 8.42 Å². The van der Waals surface area contributed by atoms with Gasteiger partial charge in [0, 0.05) is 25.5 Å². The number of nitrogens with zero attached hydrogens (tertiary/aromatic N) is 2. The Morgan fingerprint density at radius 2 is 1.79 bits per heavy atom. The highest BCUT2D eigenvalue weighted by atomic mass is 32.2. The molecule has 0 radical (unpaired) electrons. The van der Waals surface area contributed by atoms with Crippen LogP contribution in [0.1, 0.15) is 31.2 Å². The fourth-order valence-electron chi connectivity index (χ4n) is 3.18. The van der Waals surface area contributed by atoms with E-state index >= 15 is 0 Å². The molecule has 128 valence electrons. The van der Waals surface area contributed by atoms with Gasteiger partial charge >= 0.3 is 0 Å². The van der Waals surface area contributed by atoms with Crippen LogP contribution < -0.4 is 0 Å². The third kappa shape index (κ3) is 3.83. The van der Waals surface area contributed by atoms with Gasteiger partial charge in [0.2, 0.25) is 10.0 Å². The SMILES string of the molecule is O=S(=O)(c1cccnc1)N(Cc1ccccc1)CC1(O)CCCC1. The quantitative estimate of drug-likeness (QED) is 0.873. The summed E-state index contributed by atoms with van der Waals surface area (Å²) < 4.78 is 27.5. The first-order valence-electron chi connectivity index (χ1n) is 8.16. The summed E-state index contributed by atoms with van der Waals surface area (Å²) in [5.41, 5.74) is -0.0455. The Labute approximate surface area is 143 Å². The summed E-state index contributed by atoms with van der Waals surface area (Å²) in [5.74, 6) is 0. The zero-order valence-corrected chi connectivity index (χ0v) is 14.3. The van der Waals surface area contributed by atoms with Crippen LogP contribution in [0.2, 0.25) is 0 Å². The average molecular weight is 346 g/mol. The number of hydrogen-bond acceptors (Lipinski definition) is 4. The van der Waals surface area contributed by atoms with Crippen molar-refractivity contribution in [2.45, 2.75) is 42.7 Å². The van der Waals surface area contributed by atoms with Gasteiger partial charge in [-0.1, -0.05) is 43.2 Å². The smallest absolute Gasteiger partial charge is 0.245 e. The van der Waals surface area contributed by atoms with Gasteiger partial charge in [0.05, 0.1) is 5.60 Å². The second-order valence-electron chi connectivity index (χ2n) is 6.38. The first-order valence-corrected chi connectivity index (χ1v) is 9.60. The van der Waals surface area contributed by atoms with Gasteiger partial charge in [0.1, 0.15) is 4.90 Å². The van der Waals surface area contributed by atoms with Crippen molar-refractivity contribution in [1.29, 1.82) is 0 Å². The maximum absolute atomic E-state index is 13.0. The maximum atomic E-state index is 13.0. The number of aliphatic hydroxyl groups is 1. The predicted molar refractivity (Wildman–Crippen MR) is 91.7 cm³/mol. The molecule has 0 atom stereocenters. The molecule has 5 nitrogen and oxygen atoms in total. The van der Waals surface area contributed by atoms with E-state index in [2.05, 4.69) is 4.98 Å². The number of benzene rings is 1. The molecule has 1 fully saturated rings. The van der Waals surface area contributed by atoms with E-state index < -0.39 is 15.6 Å². The van der Waals surface area contributed by atoms with Crippen LogP contribution in [0.5, 0.6) is 0 Å². The van der Waals surface area contributed by atoms with E-state index in [4.69, 9.17) is 0 Å². The molecule has 0 saturated heterocycles. The Balaban J connectivity index is 1.92. The Morgan fingerprint density at radius 3 is 2.42 bits per heavy atom. The van der Waals surface area contributed by atoms with Crippen molar-refractivity contribution < 1.29 is 13.5 Å². The minimum Gasteiger partial charge on any atom is -0.389 e. The van der Waals surface area contributed by atoms with Gasteiger partial charge in [0.15, 0.2) is 0 Å². The van der Waals surface area contributed by atoms with E-state index in [0.717, 1.165) is 18.4 Å². The zero-order valence-electron chi connectivity index (χ0n) is 13.5. The van der Waals surface area contributed by atoms with Crippen LogP contribution in [0, 0.1) is 0 Å². The largest absolute Gasteiger partial charge is 0.389 e. The second-order valence-corrected chi connectivity index (χ2v) is 8.32. The molecule has 0 spiro atoms. The number of rotatable bonds is 6. The van der Waals surface area contributed by atoms with Crippen molar-refractivity contribution in [2.75, 3.05) is 6.54 Å². The van der Waals surface area contributed by atoms with Crippen LogP contribution in [-0.2, 0) is 16.6 Å². The highest BCUT2D eigenvalue weighted by molar-refractivity contribution is 7.89. The molecule has 0 unspecified atom stereocenters. The van der Waals surface area contributed by atoms with Crippen LogP contribution in [0.3, 0.4) is 0 Å². The molecular formula is C18H22N2O3S. The van der Waals surface area contributed by atoms with Gasteiger partial charge in [-0.2, -0.15) is 4.31 Å². The summed E-state index contributed by atoms with van der Waals surface area (Å²) >= 11 is 0. The first-order chi connectivity index (χ1) is 11.5. The predicted octanol–water partition coefficient (Wildman–Crippen LogP) is 2.58. The molecule has 3 rings (SSSR count). The Bertz CT molecular complexity index is 757. The van der Waals surface area contributed by atoms with Gasteiger partial charge in [-0.15, -0.1) is 0 Å². The van der Waals surface area contributed by atoms with Gasteiger partial charge in [0.25, 0.3) is 0 Å². The van der Waals surface area contributed by atoms with Crippen LogP contribution in [0.15, 0.2) is 59.8 Å². The molecule has 1 heterocycles. The van der Waals surface area contributed by atoms with E-state index in [0.29, 0.717) is 12.8 Å². The van der Waals surface area contributed by atoms with Crippen molar-refractivity contribution in [3.63, 3.8) is 0 Å². The van der Waals surface area contributed by atoms with E-state index in [1.807, 2.05) is 30.3 Å². The highest BCUT2D eigenvalue weighted by Gasteiger charge is 2.37. The highest BCUT2D eigenvalue weighted by Crippen LogP contribution is 2.32. The van der Waals surface area contributed by atoms with Crippen molar-refractivity contribution >= 4 is 10.0 Å². The molecule has 1 aliphatic rings. The average Bonchev–Trinajstić information content (AvgIpc) is 3.02. The van der Waals surface area contributed by atoms with Gasteiger partial charge < -0.3 is 5.11 Å². The summed E-state index contributed by atoms with van der Waals surface area (Å²) in [6, 6.07) is 12.6. The molecule has 0 bridgehead atoms. The van der Waals surface area contributed by atoms with Crippen molar-refractivity contribution in [3.8, 4) is 0 Å². The van der Waals surface area contributed by atoms with E-state index in [1.165, 1.54) is 10.5 Å². The standard InChI is InChI=1S/C18H22N2O3S/c21-18(10-4-5-11-18)15-20(14-16-7-2-1-3-8-16)24(22,23)17-9-6-12-19-13-17/h1-3,6-9,12-13,21H,4-5,10-11,14-15H2. The Kier molecular flexibility index (Phi) is 4.99. The molecule has 1 aromatic carbocycles. The fourth-order valence-corrected chi connectivity index (χ4v) is 4.65. The van der Waals surface area contributed by atoms with Crippen LogP contribution in [0.4, 0.5) is 0 Å². The molecule has 6 heteroatoms. The van der Waals surface area contributed by atoms with Gasteiger partial charge in [-0.3, -0.25) is 4.98 Å². The number of hydrogen-bond donors (Lipinski definition) is 1. The van der Waals surface area contributed by atoms with Crippen LogP contribution in [-0.4, -0.2) is 35.0 Å². The minimum absolute atomic E-state index is 0.110. The lowest BCUT2D eigenvalue weighted by Gasteiger charge is -2.30. The van der Waals surface area contributed by atoms with E-state index in [-0.39, 0.29) is 18.0 Å². The second kappa shape index (κ2) is 7.01. The molecular weight excluding hydrogens is 324 g/mol. The van der Waals surface area contributed by atoms with E-state index in [9.17, 15) is 13.5 Å². The number of pyridine rings is 1. The van der Waals surface area contributed by atoms with Crippen LogP contribution in [0.25, 0.3) is 0 Å². The van der Waals surface area contributed by atoms with Crippen molar-refractivity contribution in [1.82, 2.24) is 9.29 Å².